The van der Waals surface area contributed by atoms with E-state index in [-0.39, 0.29) is 17.9 Å². The Balaban J connectivity index is 2.67. The van der Waals surface area contributed by atoms with E-state index >= 15 is 0 Å². The highest BCUT2D eigenvalue weighted by Crippen LogP contribution is 2.31. The summed E-state index contributed by atoms with van der Waals surface area (Å²) in [6.07, 6.45) is 3.90. The van der Waals surface area contributed by atoms with Crippen LogP contribution in [0, 0.1) is 5.41 Å². The van der Waals surface area contributed by atoms with Crippen LogP contribution >= 0.6 is 0 Å². The minimum atomic E-state index is -0.219. The summed E-state index contributed by atoms with van der Waals surface area (Å²) in [4.78, 5) is 14.4. The highest BCUT2D eigenvalue weighted by Gasteiger charge is 2.41. The van der Waals surface area contributed by atoms with Gasteiger partial charge in [-0.05, 0) is 25.8 Å². The maximum Gasteiger partial charge on any atom is 0.230 e. The third-order valence-electron chi connectivity index (χ3n) is 3.81. The van der Waals surface area contributed by atoms with Crippen molar-refractivity contribution in [2.24, 2.45) is 5.41 Å². The molecular formula is C13H26N2O2. The third kappa shape index (κ3) is 3.42. The number of nitrogens with one attached hydrogen (secondary N) is 1. The quantitative estimate of drug-likeness (QED) is 0.700. The summed E-state index contributed by atoms with van der Waals surface area (Å²) in [6, 6.07) is 0. The van der Waals surface area contributed by atoms with Crippen LogP contribution in [0.4, 0.5) is 0 Å². The molecule has 2 N–H and O–H groups in total. The van der Waals surface area contributed by atoms with Gasteiger partial charge in [0.2, 0.25) is 5.91 Å². The lowest BCUT2D eigenvalue weighted by atomic mass is 9.82. The first kappa shape index (κ1) is 14.5. The largest absolute Gasteiger partial charge is 0.395 e. The molecule has 100 valence electrons. The predicted octanol–water partition coefficient (Wildman–Crippen LogP) is 0.997. The molecule has 0 saturated carbocycles. The zero-order valence-corrected chi connectivity index (χ0v) is 11.2. The third-order valence-corrected chi connectivity index (χ3v) is 3.81. The number of unbranched alkanes of at least 4 members (excludes halogenated alkanes) is 1. The van der Waals surface area contributed by atoms with Gasteiger partial charge in [-0.2, -0.15) is 0 Å². The van der Waals surface area contributed by atoms with Crippen molar-refractivity contribution >= 4 is 5.91 Å². The average Bonchev–Trinajstić information content (AvgIpc) is 2.83. The van der Waals surface area contributed by atoms with Crippen molar-refractivity contribution in [3.05, 3.63) is 0 Å². The van der Waals surface area contributed by atoms with E-state index in [4.69, 9.17) is 5.11 Å². The van der Waals surface area contributed by atoms with Gasteiger partial charge in [0, 0.05) is 19.6 Å². The van der Waals surface area contributed by atoms with Gasteiger partial charge in [-0.15, -0.1) is 0 Å². The van der Waals surface area contributed by atoms with E-state index in [1.54, 1.807) is 0 Å². The number of hydrogen-bond donors (Lipinski definition) is 2. The Morgan fingerprint density at radius 1 is 1.41 bits per heavy atom. The Kier molecular flexibility index (Phi) is 5.92. The van der Waals surface area contributed by atoms with Crippen LogP contribution in [0.3, 0.4) is 0 Å². The monoisotopic (exact) mass is 242 g/mol. The fourth-order valence-electron chi connectivity index (χ4n) is 2.50. The van der Waals surface area contributed by atoms with Crippen molar-refractivity contribution < 1.29 is 9.90 Å². The van der Waals surface area contributed by atoms with Gasteiger partial charge in [-0.3, -0.25) is 4.79 Å². The van der Waals surface area contributed by atoms with Crippen LogP contribution in [-0.2, 0) is 4.79 Å². The van der Waals surface area contributed by atoms with E-state index in [0.29, 0.717) is 6.54 Å². The van der Waals surface area contributed by atoms with Crippen molar-refractivity contribution in [2.75, 3.05) is 32.8 Å². The first-order valence-corrected chi connectivity index (χ1v) is 6.81. The number of rotatable bonds is 7. The molecule has 1 aliphatic rings. The van der Waals surface area contributed by atoms with Gasteiger partial charge in [0.15, 0.2) is 0 Å². The fourth-order valence-corrected chi connectivity index (χ4v) is 2.50. The van der Waals surface area contributed by atoms with Gasteiger partial charge in [-0.25, -0.2) is 0 Å². The van der Waals surface area contributed by atoms with Crippen molar-refractivity contribution in [3.63, 3.8) is 0 Å². The lowest BCUT2D eigenvalue weighted by Gasteiger charge is -2.33. The van der Waals surface area contributed by atoms with Crippen LogP contribution in [-0.4, -0.2) is 48.7 Å². The molecule has 0 radical (unpaired) electrons. The molecule has 4 nitrogen and oxygen atoms in total. The molecule has 1 atom stereocenters. The van der Waals surface area contributed by atoms with Crippen molar-refractivity contribution in [1.82, 2.24) is 10.2 Å². The molecule has 0 spiro atoms. The first-order valence-electron chi connectivity index (χ1n) is 6.81. The second-order valence-corrected chi connectivity index (χ2v) is 4.93. The van der Waals surface area contributed by atoms with Gasteiger partial charge in [0.1, 0.15) is 0 Å². The normalized spacial score (nSPS) is 23.9. The van der Waals surface area contributed by atoms with E-state index in [1.165, 1.54) is 0 Å². The number of aliphatic hydroxyl groups is 1. The molecule has 0 aromatic rings. The Bertz CT molecular complexity index is 238. The van der Waals surface area contributed by atoms with Crippen molar-refractivity contribution in [1.29, 1.82) is 0 Å². The summed E-state index contributed by atoms with van der Waals surface area (Å²) in [7, 11) is 0. The molecule has 1 unspecified atom stereocenters. The second-order valence-electron chi connectivity index (χ2n) is 4.93. The van der Waals surface area contributed by atoms with Gasteiger partial charge in [-0.1, -0.05) is 20.3 Å². The van der Waals surface area contributed by atoms with E-state index in [2.05, 4.69) is 19.2 Å². The van der Waals surface area contributed by atoms with Crippen LogP contribution in [0.1, 0.15) is 39.5 Å². The molecule has 1 heterocycles. The summed E-state index contributed by atoms with van der Waals surface area (Å²) < 4.78 is 0. The SMILES string of the molecule is CCCCN(CCO)C(=O)C1(CC)CCNC1. The van der Waals surface area contributed by atoms with Gasteiger partial charge in [0.25, 0.3) is 0 Å². The van der Waals surface area contributed by atoms with Crippen LogP contribution in [0.5, 0.6) is 0 Å². The molecule has 0 bridgehead atoms. The van der Waals surface area contributed by atoms with Crippen LogP contribution in [0.15, 0.2) is 0 Å². The molecule has 1 saturated heterocycles. The summed E-state index contributed by atoms with van der Waals surface area (Å²) in [5.41, 5.74) is -0.219. The Labute approximate surface area is 104 Å². The number of hydrogen-bond acceptors (Lipinski definition) is 3. The van der Waals surface area contributed by atoms with Crippen molar-refractivity contribution in [3.8, 4) is 0 Å². The molecule has 1 amide bonds. The molecule has 0 aliphatic carbocycles. The van der Waals surface area contributed by atoms with Gasteiger partial charge < -0.3 is 15.3 Å². The average molecular weight is 242 g/mol. The topological polar surface area (TPSA) is 52.6 Å². The fraction of sp³-hybridized carbons (Fsp3) is 0.923. The van der Waals surface area contributed by atoms with Crippen molar-refractivity contribution in [2.45, 2.75) is 39.5 Å². The maximum absolute atomic E-state index is 12.6. The van der Waals surface area contributed by atoms with Crippen LogP contribution < -0.4 is 5.32 Å². The molecule has 0 aromatic heterocycles. The minimum absolute atomic E-state index is 0.0582. The van der Waals surface area contributed by atoms with Crippen LogP contribution in [0.2, 0.25) is 0 Å². The molecule has 0 aromatic carbocycles. The molecule has 1 fully saturated rings. The number of aliphatic hydroxyl groups excluding tert-OH is 1. The minimum Gasteiger partial charge on any atom is -0.395 e. The number of carbonyl (C=O) groups is 1. The first-order chi connectivity index (χ1) is 8.20. The van der Waals surface area contributed by atoms with E-state index in [9.17, 15) is 4.79 Å². The highest BCUT2D eigenvalue weighted by atomic mass is 16.3. The molecule has 4 heteroatoms. The Hall–Kier alpha value is -0.610. The summed E-state index contributed by atoms with van der Waals surface area (Å²) in [5, 5.41) is 12.4. The second kappa shape index (κ2) is 6.97. The van der Waals surface area contributed by atoms with Gasteiger partial charge in [0.05, 0.1) is 12.0 Å². The van der Waals surface area contributed by atoms with E-state index in [1.807, 2.05) is 4.90 Å². The maximum atomic E-state index is 12.6. The van der Waals surface area contributed by atoms with E-state index in [0.717, 1.165) is 45.3 Å². The van der Waals surface area contributed by atoms with Gasteiger partial charge >= 0.3 is 0 Å². The zero-order valence-electron chi connectivity index (χ0n) is 11.2. The number of carbonyl (C=O) groups excluding carboxylic acids is 1. The smallest absolute Gasteiger partial charge is 0.230 e. The molecule has 1 aliphatic heterocycles. The lowest BCUT2D eigenvalue weighted by molar-refractivity contribution is -0.142. The van der Waals surface area contributed by atoms with Crippen LogP contribution in [0.25, 0.3) is 0 Å². The number of nitrogens with zero attached hydrogens (tertiary/aromatic N) is 1. The Morgan fingerprint density at radius 3 is 2.65 bits per heavy atom. The molecule has 1 rings (SSSR count). The van der Waals surface area contributed by atoms with E-state index < -0.39 is 0 Å². The zero-order chi connectivity index (χ0) is 12.7. The lowest BCUT2D eigenvalue weighted by Crippen LogP contribution is -2.46. The number of amides is 1. The molecular weight excluding hydrogens is 216 g/mol. The predicted molar refractivity (Wildman–Crippen MR) is 68.8 cm³/mol. The summed E-state index contributed by atoms with van der Waals surface area (Å²) in [5.74, 6) is 0.229. The summed E-state index contributed by atoms with van der Waals surface area (Å²) >= 11 is 0. The molecule has 17 heavy (non-hydrogen) atoms. The highest BCUT2D eigenvalue weighted by molar-refractivity contribution is 5.83. The summed E-state index contributed by atoms with van der Waals surface area (Å²) in [6.45, 7) is 7.23. The standard InChI is InChI=1S/C13H26N2O2/c1-3-5-8-15(9-10-16)12(17)13(4-2)6-7-14-11-13/h14,16H,3-11H2,1-2H3. The Morgan fingerprint density at radius 2 is 2.18 bits per heavy atom.